The Morgan fingerprint density at radius 1 is 1.42 bits per heavy atom. The predicted octanol–water partition coefficient (Wildman–Crippen LogP) is 2.29. The standard InChI is InChI=1S/C15H23FN2O/c1-17-11-12-5-2-8-14(16)15(12)18(9-4-10-19)13-6-3-7-13/h2,5,8,13,17,19H,3-4,6-7,9-11H2,1H3. The van der Waals surface area contributed by atoms with Gasteiger partial charge in [-0.1, -0.05) is 12.1 Å². The van der Waals surface area contributed by atoms with Crippen molar-refractivity contribution in [2.24, 2.45) is 0 Å². The number of anilines is 1. The number of hydrogen-bond donors (Lipinski definition) is 2. The van der Waals surface area contributed by atoms with Gasteiger partial charge in [-0.2, -0.15) is 0 Å². The Kier molecular flexibility index (Phi) is 5.16. The monoisotopic (exact) mass is 266 g/mol. The van der Waals surface area contributed by atoms with Gasteiger partial charge in [0.15, 0.2) is 0 Å². The number of rotatable bonds is 7. The maximum absolute atomic E-state index is 14.2. The lowest BCUT2D eigenvalue weighted by Crippen LogP contribution is -2.42. The van der Waals surface area contributed by atoms with Gasteiger partial charge in [0.25, 0.3) is 0 Å². The summed E-state index contributed by atoms with van der Waals surface area (Å²) in [7, 11) is 1.87. The molecule has 2 rings (SSSR count). The minimum absolute atomic E-state index is 0.152. The van der Waals surface area contributed by atoms with Crippen LogP contribution in [0.3, 0.4) is 0 Å². The Morgan fingerprint density at radius 2 is 2.21 bits per heavy atom. The van der Waals surface area contributed by atoms with Crippen LogP contribution in [0.1, 0.15) is 31.2 Å². The van der Waals surface area contributed by atoms with E-state index in [0.717, 1.165) is 30.6 Å². The van der Waals surface area contributed by atoms with Crippen molar-refractivity contribution in [2.45, 2.75) is 38.3 Å². The molecule has 0 atom stereocenters. The van der Waals surface area contributed by atoms with Crippen molar-refractivity contribution >= 4 is 5.69 Å². The molecule has 0 spiro atoms. The summed E-state index contributed by atoms with van der Waals surface area (Å²) in [5.41, 5.74) is 1.71. The minimum atomic E-state index is -0.155. The van der Waals surface area contributed by atoms with Gasteiger partial charge in [0.2, 0.25) is 0 Å². The molecule has 1 fully saturated rings. The lowest BCUT2D eigenvalue weighted by Gasteiger charge is -2.40. The summed E-state index contributed by atoms with van der Waals surface area (Å²) >= 11 is 0. The minimum Gasteiger partial charge on any atom is -0.396 e. The highest BCUT2D eigenvalue weighted by molar-refractivity contribution is 5.56. The molecule has 0 heterocycles. The molecule has 1 aliphatic rings. The molecule has 0 saturated heterocycles. The Hall–Kier alpha value is -1.13. The highest BCUT2D eigenvalue weighted by Gasteiger charge is 2.28. The number of benzene rings is 1. The van der Waals surface area contributed by atoms with E-state index in [0.29, 0.717) is 19.0 Å². The quantitative estimate of drug-likeness (QED) is 0.795. The second-order valence-electron chi connectivity index (χ2n) is 5.13. The van der Waals surface area contributed by atoms with E-state index in [9.17, 15) is 4.39 Å². The smallest absolute Gasteiger partial charge is 0.146 e. The van der Waals surface area contributed by atoms with Crippen molar-refractivity contribution in [1.29, 1.82) is 0 Å². The molecule has 0 bridgehead atoms. The lowest BCUT2D eigenvalue weighted by molar-refractivity contribution is 0.282. The van der Waals surface area contributed by atoms with Crippen molar-refractivity contribution in [3.63, 3.8) is 0 Å². The van der Waals surface area contributed by atoms with E-state index in [1.165, 1.54) is 12.5 Å². The molecule has 0 radical (unpaired) electrons. The molecule has 4 heteroatoms. The maximum atomic E-state index is 14.2. The summed E-state index contributed by atoms with van der Waals surface area (Å²) in [4.78, 5) is 2.15. The lowest BCUT2D eigenvalue weighted by atomic mass is 9.90. The fraction of sp³-hybridized carbons (Fsp3) is 0.600. The Labute approximate surface area is 114 Å². The van der Waals surface area contributed by atoms with E-state index in [2.05, 4.69) is 10.2 Å². The molecule has 1 saturated carbocycles. The van der Waals surface area contributed by atoms with E-state index in [1.807, 2.05) is 13.1 Å². The summed E-state index contributed by atoms with van der Waals surface area (Å²) in [5.74, 6) is -0.155. The highest BCUT2D eigenvalue weighted by atomic mass is 19.1. The van der Waals surface area contributed by atoms with E-state index >= 15 is 0 Å². The van der Waals surface area contributed by atoms with Crippen molar-refractivity contribution in [3.05, 3.63) is 29.6 Å². The topological polar surface area (TPSA) is 35.5 Å². The zero-order chi connectivity index (χ0) is 13.7. The van der Waals surface area contributed by atoms with Crippen LogP contribution in [0.2, 0.25) is 0 Å². The largest absolute Gasteiger partial charge is 0.396 e. The van der Waals surface area contributed by atoms with Gasteiger partial charge in [0.1, 0.15) is 5.82 Å². The zero-order valence-electron chi connectivity index (χ0n) is 11.5. The number of para-hydroxylation sites is 1. The molecule has 0 aromatic heterocycles. The molecule has 1 aromatic carbocycles. The molecule has 1 aliphatic carbocycles. The Morgan fingerprint density at radius 3 is 2.79 bits per heavy atom. The van der Waals surface area contributed by atoms with Gasteiger partial charge < -0.3 is 15.3 Å². The SMILES string of the molecule is CNCc1cccc(F)c1N(CCCO)C1CCC1. The number of aliphatic hydroxyl groups excluding tert-OH is 1. The molecule has 19 heavy (non-hydrogen) atoms. The Balaban J connectivity index is 2.27. The Bertz CT molecular complexity index is 407. The van der Waals surface area contributed by atoms with Crippen LogP contribution in [0.5, 0.6) is 0 Å². The number of nitrogens with zero attached hydrogens (tertiary/aromatic N) is 1. The molecular weight excluding hydrogens is 243 g/mol. The van der Waals surface area contributed by atoms with E-state index < -0.39 is 0 Å². The third-order valence-corrected chi connectivity index (χ3v) is 3.80. The van der Waals surface area contributed by atoms with Crippen molar-refractivity contribution in [2.75, 3.05) is 25.1 Å². The molecule has 3 nitrogen and oxygen atoms in total. The molecule has 106 valence electrons. The first-order valence-corrected chi connectivity index (χ1v) is 7.07. The third kappa shape index (κ3) is 3.25. The zero-order valence-corrected chi connectivity index (χ0v) is 11.5. The molecule has 0 unspecified atom stereocenters. The van der Waals surface area contributed by atoms with Crippen LogP contribution < -0.4 is 10.2 Å². The second-order valence-corrected chi connectivity index (χ2v) is 5.13. The van der Waals surface area contributed by atoms with E-state index in [1.54, 1.807) is 6.07 Å². The van der Waals surface area contributed by atoms with Crippen LogP contribution in [0.15, 0.2) is 18.2 Å². The van der Waals surface area contributed by atoms with Gasteiger partial charge in [-0.05, 0) is 44.4 Å². The first kappa shape index (κ1) is 14.3. The summed E-state index contributed by atoms with van der Waals surface area (Å²) < 4.78 is 14.2. The first-order chi connectivity index (χ1) is 9.27. The van der Waals surface area contributed by atoms with Crippen molar-refractivity contribution < 1.29 is 9.50 Å². The molecule has 2 N–H and O–H groups in total. The van der Waals surface area contributed by atoms with Gasteiger partial charge in [-0.25, -0.2) is 4.39 Å². The third-order valence-electron chi connectivity index (χ3n) is 3.80. The average molecular weight is 266 g/mol. The first-order valence-electron chi connectivity index (χ1n) is 7.07. The normalized spacial score (nSPS) is 15.3. The summed E-state index contributed by atoms with van der Waals surface area (Å²) in [6.07, 6.45) is 4.15. The van der Waals surface area contributed by atoms with Crippen LogP contribution in [0, 0.1) is 5.82 Å². The number of halogens is 1. The van der Waals surface area contributed by atoms with Crippen LogP contribution in [0.4, 0.5) is 10.1 Å². The molecular formula is C15H23FN2O. The van der Waals surface area contributed by atoms with Crippen molar-refractivity contribution in [3.8, 4) is 0 Å². The second kappa shape index (κ2) is 6.87. The predicted molar refractivity (Wildman–Crippen MR) is 75.9 cm³/mol. The van der Waals surface area contributed by atoms with Gasteiger partial charge >= 0.3 is 0 Å². The van der Waals surface area contributed by atoms with Crippen LogP contribution in [0.25, 0.3) is 0 Å². The number of nitrogens with one attached hydrogen (secondary N) is 1. The fourth-order valence-corrected chi connectivity index (χ4v) is 2.63. The molecule has 0 aliphatic heterocycles. The molecule has 0 amide bonds. The average Bonchev–Trinajstić information content (AvgIpc) is 2.33. The van der Waals surface area contributed by atoms with Gasteiger partial charge in [-0.15, -0.1) is 0 Å². The van der Waals surface area contributed by atoms with Crippen LogP contribution >= 0.6 is 0 Å². The van der Waals surface area contributed by atoms with E-state index in [-0.39, 0.29) is 12.4 Å². The summed E-state index contributed by atoms with van der Waals surface area (Å²) in [6, 6.07) is 5.69. The summed E-state index contributed by atoms with van der Waals surface area (Å²) in [5, 5.41) is 12.1. The van der Waals surface area contributed by atoms with E-state index in [4.69, 9.17) is 5.11 Å². The maximum Gasteiger partial charge on any atom is 0.146 e. The van der Waals surface area contributed by atoms with Gasteiger partial charge in [0.05, 0.1) is 5.69 Å². The molecule has 1 aromatic rings. The van der Waals surface area contributed by atoms with Crippen LogP contribution in [-0.4, -0.2) is 31.3 Å². The number of aliphatic hydroxyl groups is 1. The fourth-order valence-electron chi connectivity index (χ4n) is 2.63. The van der Waals surface area contributed by atoms with Crippen LogP contribution in [-0.2, 0) is 6.54 Å². The van der Waals surface area contributed by atoms with Crippen molar-refractivity contribution in [1.82, 2.24) is 5.32 Å². The van der Waals surface area contributed by atoms with Gasteiger partial charge in [-0.3, -0.25) is 0 Å². The van der Waals surface area contributed by atoms with Gasteiger partial charge in [0, 0.05) is 25.7 Å². The number of hydrogen-bond acceptors (Lipinski definition) is 3. The highest BCUT2D eigenvalue weighted by Crippen LogP contribution is 2.33. The summed E-state index contributed by atoms with van der Waals surface area (Å²) in [6.45, 7) is 1.54.